The summed E-state index contributed by atoms with van der Waals surface area (Å²) in [7, 11) is 0. The van der Waals surface area contributed by atoms with Gasteiger partial charge in [0.25, 0.3) is 5.56 Å². The molecule has 0 atom stereocenters. The lowest BCUT2D eigenvalue weighted by Gasteiger charge is -2.10. The van der Waals surface area contributed by atoms with Gasteiger partial charge >= 0.3 is 0 Å². The van der Waals surface area contributed by atoms with E-state index >= 15 is 0 Å². The second-order valence-corrected chi connectivity index (χ2v) is 25.6. The number of aryl methyl sites for hydroxylation is 2. The summed E-state index contributed by atoms with van der Waals surface area (Å²) in [5.41, 5.74) is 23.3. The molecule has 14 heterocycles. The summed E-state index contributed by atoms with van der Waals surface area (Å²) in [4.78, 5) is 93.0. The van der Waals surface area contributed by atoms with Crippen LogP contribution in [0.1, 0.15) is 180 Å². The normalized spacial score (nSPS) is 11.8. The van der Waals surface area contributed by atoms with Gasteiger partial charge in [0.15, 0.2) is 62.4 Å². The fourth-order valence-electron chi connectivity index (χ4n) is 10.5. The first kappa shape index (κ1) is 73.5. The number of aromatic amines is 1. The van der Waals surface area contributed by atoms with Crippen LogP contribution in [0.3, 0.4) is 0 Å². The van der Waals surface area contributed by atoms with Crippen molar-refractivity contribution in [1.29, 1.82) is 0 Å². The number of hydrogen-bond acceptors (Lipinski definition) is 22. The van der Waals surface area contributed by atoms with Crippen molar-refractivity contribution < 1.29 is 9.53 Å². The fourth-order valence-corrected chi connectivity index (χ4v) is 10.5. The van der Waals surface area contributed by atoms with Crippen molar-refractivity contribution in [3.63, 3.8) is 0 Å². The van der Waals surface area contributed by atoms with E-state index in [9.17, 15) is 9.59 Å². The average Bonchev–Trinajstić information content (AvgIpc) is 1.63. The number of carbonyl (C=O) groups is 1. The molecule has 6 N–H and O–H groups in total. The van der Waals surface area contributed by atoms with Crippen LogP contribution in [0.4, 0.5) is 23.0 Å². The Balaban J connectivity index is 0.000000138. The molecule has 1 aromatic carbocycles. The number of nitrogens with zero attached hydrogens (tertiary/aromatic N) is 23. The van der Waals surface area contributed by atoms with E-state index in [0.29, 0.717) is 95.2 Å². The molecule has 0 aliphatic carbocycles. The largest absolute Gasteiger partial charge is 0.476 e. The Kier molecular flexibility index (Phi) is 24.2. The van der Waals surface area contributed by atoms with Gasteiger partial charge < -0.3 is 58.5 Å². The zero-order valence-electron chi connectivity index (χ0n) is 60.5. The number of anilines is 3. The molecule has 528 valence electrons. The van der Waals surface area contributed by atoms with E-state index in [-0.39, 0.29) is 17.4 Å². The van der Waals surface area contributed by atoms with Crippen molar-refractivity contribution in [2.24, 2.45) is 4.99 Å². The number of aliphatic imine (C=N–C) groups is 1. The first-order valence-electron chi connectivity index (χ1n) is 33.6. The van der Waals surface area contributed by atoms with Crippen LogP contribution in [-0.2, 0) is 6.54 Å². The van der Waals surface area contributed by atoms with Gasteiger partial charge in [-0.05, 0) is 141 Å². The highest BCUT2D eigenvalue weighted by Gasteiger charge is 2.22. The van der Waals surface area contributed by atoms with Crippen LogP contribution >= 0.6 is 0 Å². The van der Waals surface area contributed by atoms with Crippen LogP contribution in [-0.4, -0.2) is 130 Å². The van der Waals surface area contributed by atoms with Gasteiger partial charge in [-0.15, -0.1) is 0 Å². The van der Waals surface area contributed by atoms with Crippen LogP contribution in [0.2, 0.25) is 0 Å². The van der Waals surface area contributed by atoms with Crippen molar-refractivity contribution in [2.75, 3.05) is 23.4 Å². The zero-order valence-corrected chi connectivity index (χ0v) is 60.5. The maximum absolute atomic E-state index is 11.5. The summed E-state index contributed by atoms with van der Waals surface area (Å²) in [6.07, 6.45) is 22.8. The Morgan fingerprint density at radius 2 is 1.05 bits per heavy atom. The number of carbonyl (C=O) groups excluding carboxylic acids is 1. The number of hydrogen-bond donors (Lipinski definition) is 4. The standard InChI is InChI=1S/C15H17N5.C11H16N4O.C10H13N3.C9H12N4O.C9H12N4.C9H11N3O.C8H10N4/c1-11(2)20-10-19-13-14(17-9-18-15(13)20)16-8-12-6-4-3-5-7-12;1-5-16-11-9-10(13-8(4)14-11)15(6-12-9)7(2)3;1-7(2)13-6-4-8-9(11)3-5-12-10(8)13;1-5(2)13-4-10-7-8(13)11-6(3)12-9(7)14;1-6(2)13-5-12-8-7(10)3-4-11-9(8)13;1-6(2)12-5-11-8-7(13)3-4-10-9(8)12;1-6(2)12-5-11-7-3-9-4-10-8(7)12/h3-7,9-11H,8H2,1-2H3,(H,16,17,18);6-7H,5H2,1-4H3;3-7H,1-2H3,(H2,11,12);4-5H,1-3H3,(H,11,12,14);3-6H,1-2H3,(H2,10,11);4-6H,3H2,1-2H3;3-6H,1-2H3. The lowest BCUT2D eigenvalue weighted by molar-refractivity contribution is 0.0996. The molecule has 0 saturated heterocycles. The van der Waals surface area contributed by atoms with Gasteiger partial charge in [0.05, 0.1) is 56.5 Å². The molecule has 0 fully saturated rings. The molecule has 0 saturated carbocycles. The van der Waals surface area contributed by atoms with E-state index < -0.39 is 0 Å². The van der Waals surface area contributed by atoms with Gasteiger partial charge in [0.2, 0.25) is 5.88 Å². The van der Waals surface area contributed by atoms with E-state index in [2.05, 4.69) is 176 Å². The predicted octanol–water partition coefficient (Wildman–Crippen LogP) is 13.1. The number of ketones is 1. The first-order valence-corrected chi connectivity index (χ1v) is 33.6. The summed E-state index contributed by atoms with van der Waals surface area (Å²) in [6, 6.07) is 18.2. The first-order chi connectivity index (χ1) is 48.4. The molecule has 0 radical (unpaired) electrons. The Morgan fingerprint density at radius 1 is 0.515 bits per heavy atom. The van der Waals surface area contributed by atoms with Crippen molar-refractivity contribution >= 4 is 102 Å². The summed E-state index contributed by atoms with van der Waals surface area (Å²) in [5, 5.41) is 4.37. The Bertz CT molecular complexity index is 5050. The number of Topliss-reactive ketones (excluding diaryl/α,β-unsaturated/α-hetero) is 1. The summed E-state index contributed by atoms with van der Waals surface area (Å²) < 4.78 is 19.5. The van der Waals surface area contributed by atoms with E-state index in [1.165, 1.54) is 5.56 Å². The number of nitrogens with two attached hydrogens (primary N) is 2. The third-order valence-corrected chi connectivity index (χ3v) is 15.8. The van der Waals surface area contributed by atoms with Crippen molar-refractivity contribution in [1.82, 2.24) is 112 Å². The SMILES string of the molecule is CC(C)n1ccc2c(N)ccnc21.CC(C)n1cnc2c(N)ccnc21.CC(C)n1cnc2c(NCc3ccccc3)ncnc21.CC(C)n1cnc2c1N=CCC2=O.CC(C)n1cnc2cncnc21.CCOc1nc(C)nc2c1ncn2C(C)C.Cc1nc2c(ncn2C(C)C)c(=O)[nH]1. The van der Waals surface area contributed by atoms with Crippen molar-refractivity contribution in [2.45, 2.75) is 173 Å². The second kappa shape index (κ2) is 33.2. The number of benzene rings is 1. The van der Waals surface area contributed by atoms with E-state index in [0.717, 1.165) is 73.7 Å². The van der Waals surface area contributed by atoms with Gasteiger partial charge in [-0.2, -0.15) is 4.98 Å². The molecular weight excluding hydrogens is 1280 g/mol. The van der Waals surface area contributed by atoms with Gasteiger partial charge in [0.1, 0.15) is 46.5 Å². The van der Waals surface area contributed by atoms with Crippen LogP contribution in [0.25, 0.3) is 66.9 Å². The quantitative estimate of drug-likeness (QED) is 0.0882. The molecule has 15 rings (SSSR count). The molecule has 30 heteroatoms. The number of rotatable bonds is 12. The number of pyridine rings is 2. The topological polar surface area (TPSA) is 363 Å². The highest BCUT2D eigenvalue weighted by Crippen LogP contribution is 2.28. The second-order valence-electron chi connectivity index (χ2n) is 25.6. The summed E-state index contributed by atoms with van der Waals surface area (Å²) in [5.74, 6) is 3.43. The Labute approximate surface area is 585 Å². The molecule has 30 nitrogen and oxygen atoms in total. The Hall–Kier alpha value is -11.7. The monoisotopic (exact) mass is 1370 g/mol. The highest BCUT2D eigenvalue weighted by molar-refractivity contribution is 6.08. The molecule has 14 aromatic rings. The van der Waals surface area contributed by atoms with E-state index in [1.807, 2.05) is 112 Å². The number of nitrogen functional groups attached to an aromatic ring is 2. The summed E-state index contributed by atoms with van der Waals surface area (Å²) >= 11 is 0. The maximum atomic E-state index is 11.5. The fraction of sp³-hybridized carbons (Fsp3) is 0.380. The molecule has 0 bridgehead atoms. The third kappa shape index (κ3) is 17.4. The molecule has 0 unspecified atom stereocenters. The lowest BCUT2D eigenvalue weighted by Crippen LogP contribution is -2.11. The molecule has 0 spiro atoms. The number of imidazole rings is 6. The predicted molar refractivity (Wildman–Crippen MR) is 397 cm³/mol. The number of fused-ring (bicyclic) bond motifs is 7. The molecule has 101 heavy (non-hydrogen) atoms. The van der Waals surface area contributed by atoms with Crippen LogP contribution in [0, 0.1) is 13.8 Å². The lowest BCUT2D eigenvalue weighted by atomic mass is 10.2. The zero-order chi connectivity index (χ0) is 72.8. The average molecular weight is 1370 g/mol. The van der Waals surface area contributed by atoms with Crippen LogP contribution in [0.5, 0.6) is 5.88 Å². The number of H-pyrrole nitrogens is 1. The van der Waals surface area contributed by atoms with Crippen LogP contribution < -0.4 is 27.1 Å². The minimum atomic E-state index is -0.174. The minimum Gasteiger partial charge on any atom is -0.476 e. The third-order valence-electron chi connectivity index (χ3n) is 15.8. The number of aromatic nitrogens is 23. The molecule has 13 aromatic heterocycles. The number of ether oxygens (including phenoxy) is 1. The van der Waals surface area contributed by atoms with Crippen molar-refractivity contribution in [3.8, 4) is 5.88 Å². The molecule has 1 aliphatic rings. The molecule has 1 aliphatic heterocycles. The van der Waals surface area contributed by atoms with Gasteiger partial charge in [-0.1, -0.05) is 30.3 Å². The van der Waals surface area contributed by atoms with Gasteiger partial charge in [-0.25, -0.2) is 74.8 Å². The van der Waals surface area contributed by atoms with E-state index in [1.54, 1.807) is 82.1 Å². The smallest absolute Gasteiger partial charge is 0.279 e. The van der Waals surface area contributed by atoms with E-state index in [4.69, 9.17) is 16.2 Å². The van der Waals surface area contributed by atoms with Crippen LogP contribution in [0.15, 0.2) is 134 Å². The molecular formula is C71H91N27O3. The summed E-state index contributed by atoms with van der Waals surface area (Å²) in [6.45, 7) is 36.0. The molecule has 0 amide bonds. The maximum Gasteiger partial charge on any atom is 0.279 e. The Morgan fingerprint density at radius 3 is 1.68 bits per heavy atom. The minimum absolute atomic E-state index is 0.0596. The van der Waals surface area contributed by atoms with Crippen molar-refractivity contribution in [3.05, 3.63) is 157 Å². The highest BCUT2D eigenvalue weighted by atomic mass is 16.5. The number of nitrogens with one attached hydrogen (secondary N) is 2. The van der Waals surface area contributed by atoms with Gasteiger partial charge in [0, 0.05) is 91.1 Å². The van der Waals surface area contributed by atoms with Gasteiger partial charge in [-0.3, -0.25) is 9.59 Å².